The zero-order chi connectivity index (χ0) is 13.5. The number of hydrogen-bond acceptors (Lipinski definition) is 5. The van der Waals surface area contributed by atoms with Gasteiger partial charge in [0.1, 0.15) is 6.61 Å². The van der Waals surface area contributed by atoms with Crippen molar-refractivity contribution in [2.45, 2.75) is 11.6 Å². The number of thioether (sulfide) groups is 1. The Morgan fingerprint density at radius 1 is 1.26 bits per heavy atom. The number of carbonyl (C=O) groups is 1. The molecule has 0 atom stereocenters. The van der Waals surface area contributed by atoms with Crippen molar-refractivity contribution < 1.29 is 9.53 Å². The van der Waals surface area contributed by atoms with Crippen LogP contribution in [0.25, 0.3) is 0 Å². The van der Waals surface area contributed by atoms with Gasteiger partial charge in [-0.25, -0.2) is 9.78 Å². The molecule has 0 unspecified atom stereocenters. The molecule has 1 N–H and O–H groups in total. The molecule has 6 heteroatoms. The predicted molar refractivity (Wildman–Crippen MR) is 71.8 cm³/mol. The quantitative estimate of drug-likeness (QED) is 0.510. The molecule has 5 nitrogen and oxygen atoms in total. The summed E-state index contributed by atoms with van der Waals surface area (Å²) in [4.78, 5) is 28.5. The molecule has 0 fully saturated rings. The van der Waals surface area contributed by atoms with E-state index < -0.39 is 5.69 Å². The van der Waals surface area contributed by atoms with Crippen LogP contribution in [0.2, 0.25) is 0 Å². The number of H-pyrrole nitrogens is 1. The Morgan fingerprint density at radius 2 is 2.05 bits per heavy atom. The van der Waals surface area contributed by atoms with Gasteiger partial charge in [-0.2, -0.15) is 0 Å². The van der Waals surface area contributed by atoms with Gasteiger partial charge in [0.15, 0.2) is 0 Å². The summed E-state index contributed by atoms with van der Waals surface area (Å²) in [6.45, 7) is 0.257. The first-order chi connectivity index (χ1) is 9.24. The van der Waals surface area contributed by atoms with E-state index in [-0.39, 0.29) is 18.3 Å². The van der Waals surface area contributed by atoms with Crippen LogP contribution in [0.3, 0.4) is 0 Å². The number of aromatic nitrogens is 2. The van der Waals surface area contributed by atoms with E-state index in [1.54, 1.807) is 6.07 Å². The Bertz CT molecular complexity index is 598. The minimum atomic E-state index is -0.428. The maximum Gasteiger partial charge on any atom is 0.345 e. The van der Waals surface area contributed by atoms with E-state index in [1.165, 1.54) is 18.0 Å². The topological polar surface area (TPSA) is 72.0 Å². The van der Waals surface area contributed by atoms with Crippen molar-refractivity contribution in [2.75, 3.05) is 5.75 Å². The molecule has 2 aromatic rings. The van der Waals surface area contributed by atoms with Gasteiger partial charge in [-0.3, -0.25) is 4.79 Å². The first-order valence-corrected chi connectivity index (χ1v) is 6.60. The lowest BCUT2D eigenvalue weighted by Gasteiger charge is -2.04. The minimum absolute atomic E-state index is 0.146. The molecule has 98 valence electrons. The summed E-state index contributed by atoms with van der Waals surface area (Å²) >= 11 is 1.21. The van der Waals surface area contributed by atoms with Crippen molar-refractivity contribution in [3.05, 3.63) is 58.6 Å². The van der Waals surface area contributed by atoms with Crippen LogP contribution >= 0.6 is 11.8 Å². The van der Waals surface area contributed by atoms with E-state index in [2.05, 4.69) is 9.97 Å². The van der Waals surface area contributed by atoms with Crippen LogP contribution in [0.1, 0.15) is 5.56 Å². The first-order valence-electron chi connectivity index (χ1n) is 5.62. The summed E-state index contributed by atoms with van der Waals surface area (Å²) in [5.74, 6) is -0.182. The standard InChI is InChI=1S/C13H12N2O3S/c16-12(18-8-10-4-2-1-3-5-10)9-19-11-6-7-14-13(17)15-11/h1-7H,8-9H2,(H,14,15,17). The Morgan fingerprint density at radius 3 is 2.79 bits per heavy atom. The largest absolute Gasteiger partial charge is 0.460 e. The lowest BCUT2D eigenvalue weighted by Crippen LogP contribution is -2.11. The molecule has 0 saturated heterocycles. The summed E-state index contributed by atoms with van der Waals surface area (Å²) in [5.41, 5.74) is 0.515. The van der Waals surface area contributed by atoms with Crippen LogP contribution < -0.4 is 5.69 Å². The molecule has 0 bridgehead atoms. The Hall–Kier alpha value is -2.08. The van der Waals surface area contributed by atoms with Gasteiger partial charge in [0.25, 0.3) is 0 Å². The van der Waals surface area contributed by atoms with Gasteiger partial charge in [0, 0.05) is 6.20 Å². The zero-order valence-corrected chi connectivity index (χ0v) is 10.9. The van der Waals surface area contributed by atoms with Gasteiger partial charge in [-0.1, -0.05) is 42.1 Å². The smallest absolute Gasteiger partial charge is 0.345 e. The average molecular weight is 276 g/mol. The summed E-state index contributed by atoms with van der Waals surface area (Å²) < 4.78 is 5.11. The third-order valence-electron chi connectivity index (χ3n) is 2.24. The molecule has 1 heterocycles. The van der Waals surface area contributed by atoms with Gasteiger partial charge in [-0.15, -0.1) is 0 Å². The normalized spacial score (nSPS) is 10.1. The number of nitrogens with one attached hydrogen (secondary N) is 1. The van der Waals surface area contributed by atoms with Gasteiger partial charge in [0.05, 0.1) is 10.8 Å². The lowest BCUT2D eigenvalue weighted by atomic mass is 10.2. The van der Waals surface area contributed by atoms with Crippen molar-refractivity contribution >= 4 is 17.7 Å². The minimum Gasteiger partial charge on any atom is -0.460 e. The highest BCUT2D eigenvalue weighted by atomic mass is 32.2. The number of hydrogen-bond donors (Lipinski definition) is 1. The Labute approximate surface area is 114 Å². The molecular weight excluding hydrogens is 264 g/mol. The van der Waals surface area contributed by atoms with Crippen LogP contribution in [-0.4, -0.2) is 21.7 Å². The SMILES string of the molecule is O=C(CSc1ccnc(=O)[nH]1)OCc1ccccc1. The van der Waals surface area contributed by atoms with E-state index in [4.69, 9.17) is 4.74 Å². The second kappa shape index (κ2) is 6.75. The van der Waals surface area contributed by atoms with Crippen LogP contribution in [-0.2, 0) is 16.1 Å². The molecule has 0 radical (unpaired) electrons. The Kier molecular flexibility index (Phi) is 4.74. The second-order valence-electron chi connectivity index (χ2n) is 3.67. The number of aromatic amines is 1. The van der Waals surface area contributed by atoms with Gasteiger partial charge >= 0.3 is 11.7 Å². The first kappa shape index (κ1) is 13.4. The van der Waals surface area contributed by atoms with Crippen LogP contribution in [0, 0.1) is 0 Å². The van der Waals surface area contributed by atoms with Crippen molar-refractivity contribution in [2.24, 2.45) is 0 Å². The molecule has 0 aliphatic rings. The average Bonchev–Trinajstić information content (AvgIpc) is 2.44. The van der Waals surface area contributed by atoms with Crippen LogP contribution in [0.4, 0.5) is 0 Å². The van der Waals surface area contributed by atoms with E-state index in [0.29, 0.717) is 5.03 Å². The predicted octanol–water partition coefficient (Wildman–Crippen LogP) is 1.61. The second-order valence-corrected chi connectivity index (χ2v) is 4.69. The van der Waals surface area contributed by atoms with Gasteiger partial charge in [-0.05, 0) is 11.6 Å². The highest BCUT2D eigenvalue weighted by Gasteiger charge is 2.05. The van der Waals surface area contributed by atoms with Gasteiger partial charge in [0.2, 0.25) is 0 Å². The maximum absolute atomic E-state index is 11.5. The third-order valence-corrected chi connectivity index (χ3v) is 3.17. The molecule has 0 aliphatic carbocycles. The molecule has 1 aromatic heterocycles. The van der Waals surface area contributed by atoms with Crippen LogP contribution in [0.15, 0.2) is 52.4 Å². The maximum atomic E-state index is 11.5. The third kappa shape index (κ3) is 4.59. The fourth-order valence-corrected chi connectivity index (χ4v) is 2.03. The number of nitrogens with zero attached hydrogens (tertiary/aromatic N) is 1. The molecule has 19 heavy (non-hydrogen) atoms. The zero-order valence-electron chi connectivity index (χ0n) is 10.0. The number of esters is 1. The van der Waals surface area contributed by atoms with Crippen molar-refractivity contribution in [3.63, 3.8) is 0 Å². The van der Waals surface area contributed by atoms with Crippen LogP contribution in [0.5, 0.6) is 0 Å². The Balaban J connectivity index is 1.77. The van der Waals surface area contributed by atoms with Gasteiger partial charge < -0.3 is 9.72 Å². The fraction of sp³-hybridized carbons (Fsp3) is 0.154. The number of benzene rings is 1. The van der Waals surface area contributed by atoms with E-state index in [0.717, 1.165) is 5.56 Å². The molecule has 2 rings (SSSR count). The monoisotopic (exact) mass is 276 g/mol. The van der Waals surface area contributed by atoms with Crippen molar-refractivity contribution in [1.82, 2.24) is 9.97 Å². The lowest BCUT2D eigenvalue weighted by molar-refractivity contribution is -0.141. The van der Waals surface area contributed by atoms with Crippen molar-refractivity contribution in [1.29, 1.82) is 0 Å². The molecular formula is C13H12N2O3S. The number of carbonyl (C=O) groups excluding carboxylic acids is 1. The fourth-order valence-electron chi connectivity index (χ4n) is 1.35. The van der Waals surface area contributed by atoms with E-state index in [9.17, 15) is 9.59 Å². The highest BCUT2D eigenvalue weighted by molar-refractivity contribution is 7.99. The van der Waals surface area contributed by atoms with Crippen molar-refractivity contribution in [3.8, 4) is 0 Å². The molecule has 0 amide bonds. The van der Waals surface area contributed by atoms with E-state index >= 15 is 0 Å². The number of rotatable bonds is 5. The molecule has 0 spiro atoms. The highest BCUT2D eigenvalue weighted by Crippen LogP contribution is 2.12. The summed E-state index contributed by atoms with van der Waals surface area (Å²) in [5, 5.41) is 0.594. The summed E-state index contributed by atoms with van der Waals surface area (Å²) in [7, 11) is 0. The molecule has 1 aromatic carbocycles. The summed E-state index contributed by atoms with van der Waals surface area (Å²) in [6, 6.07) is 11.1. The number of ether oxygens (including phenoxy) is 1. The van der Waals surface area contributed by atoms with E-state index in [1.807, 2.05) is 30.3 Å². The summed E-state index contributed by atoms with van der Waals surface area (Å²) in [6.07, 6.45) is 1.40. The molecule has 0 aliphatic heterocycles. The molecule has 0 saturated carbocycles.